The quantitative estimate of drug-likeness (QED) is 0.856. The minimum absolute atomic E-state index is 0.0463. The molecule has 1 amide bonds. The molecule has 5 nitrogen and oxygen atoms in total. The van der Waals surface area contributed by atoms with Crippen molar-refractivity contribution in [3.63, 3.8) is 0 Å². The lowest BCUT2D eigenvalue weighted by molar-refractivity contribution is -0.145. The van der Waals surface area contributed by atoms with Crippen LogP contribution in [-0.2, 0) is 14.3 Å². The van der Waals surface area contributed by atoms with Crippen molar-refractivity contribution in [1.29, 1.82) is 0 Å². The van der Waals surface area contributed by atoms with E-state index in [1.54, 1.807) is 6.07 Å². The first-order chi connectivity index (χ1) is 10.8. The van der Waals surface area contributed by atoms with Gasteiger partial charge in [-0.1, -0.05) is 23.7 Å². The number of likely N-dealkylation sites (N-methyl/N-ethyl adjacent to an activating group) is 1. The second-order valence-electron chi connectivity index (χ2n) is 6.21. The Morgan fingerprint density at radius 3 is 2.65 bits per heavy atom. The summed E-state index contributed by atoms with van der Waals surface area (Å²) in [6.45, 7) is 3.84. The van der Waals surface area contributed by atoms with Crippen molar-refractivity contribution in [3.05, 3.63) is 34.9 Å². The first-order valence-electron chi connectivity index (χ1n) is 7.70. The zero-order valence-corrected chi connectivity index (χ0v) is 14.6. The average molecular weight is 339 g/mol. The van der Waals surface area contributed by atoms with Crippen LogP contribution in [0.25, 0.3) is 0 Å². The smallest absolute Gasteiger partial charge is 0.323 e. The van der Waals surface area contributed by atoms with Gasteiger partial charge in [-0.15, -0.1) is 0 Å². The molecule has 0 aromatic heterocycles. The number of carbonyl (C=O) groups excluding carboxylic acids is 2. The van der Waals surface area contributed by atoms with E-state index in [2.05, 4.69) is 5.32 Å². The van der Waals surface area contributed by atoms with Gasteiger partial charge in [0.15, 0.2) is 0 Å². The summed E-state index contributed by atoms with van der Waals surface area (Å²) >= 11 is 6.10. The Bertz CT molecular complexity index is 591. The number of ether oxygens (including phenoxy) is 1. The first kappa shape index (κ1) is 17.8. The van der Waals surface area contributed by atoms with E-state index in [0.717, 1.165) is 5.56 Å². The van der Waals surface area contributed by atoms with Crippen molar-refractivity contribution < 1.29 is 14.3 Å². The van der Waals surface area contributed by atoms with Crippen LogP contribution in [0.4, 0.5) is 0 Å². The van der Waals surface area contributed by atoms with Crippen molar-refractivity contribution in [2.45, 2.75) is 38.4 Å². The highest BCUT2D eigenvalue weighted by Crippen LogP contribution is 2.41. The van der Waals surface area contributed by atoms with E-state index in [4.69, 9.17) is 16.3 Å². The van der Waals surface area contributed by atoms with E-state index < -0.39 is 6.04 Å². The molecule has 1 aromatic carbocycles. The highest BCUT2D eigenvalue weighted by atomic mass is 35.5. The predicted octanol–water partition coefficient (Wildman–Crippen LogP) is 2.40. The molecule has 1 N–H and O–H groups in total. The Kier molecular flexibility index (Phi) is 5.65. The van der Waals surface area contributed by atoms with Crippen LogP contribution < -0.4 is 5.32 Å². The predicted molar refractivity (Wildman–Crippen MR) is 89.1 cm³/mol. The molecule has 2 rings (SSSR count). The highest BCUT2D eigenvalue weighted by Gasteiger charge is 2.46. The number of methoxy groups -OCH3 is 1. The lowest BCUT2D eigenvalue weighted by Gasteiger charge is -2.27. The van der Waals surface area contributed by atoms with Crippen LogP contribution in [0.1, 0.15) is 31.9 Å². The van der Waals surface area contributed by atoms with Gasteiger partial charge in [-0.25, -0.2) is 0 Å². The monoisotopic (exact) mass is 338 g/mol. The van der Waals surface area contributed by atoms with Gasteiger partial charge in [-0.05, 0) is 45.0 Å². The Labute approximate surface area is 141 Å². The summed E-state index contributed by atoms with van der Waals surface area (Å²) in [5, 5.41) is 3.56. The van der Waals surface area contributed by atoms with E-state index >= 15 is 0 Å². The third-order valence-electron chi connectivity index (χ3n) is 4.22. The number of nitrogens with zero attached hydrogens (tertiary/aromatic N) is 1. The van der Waals surface area contributed by atoms with Crippen molar-refractivity contribution in [2.75, 3.05) is 14.2 Å². The number of nitrogens with one attached hydrogen (secondary N) is 1. The molecule has 0 saturated carbocycles. The molecule has 0 aliphatic carbocycles. The molecular formula is C17H23ClN2O3. The van der Waals surface area contributed by atoms with Crippen molar-refractivity contribution in [1.82, 2.24) is 10.2 Å². The fraction of sp³-hybridized carbons (Fsp3) is 0.529. The number of carbonyl (C=O) groups is 2. The van der Waals surface area contributed by atoms with E-state index in [1.165, 1.54) is 7.11 Å². The fourth-order valence-electron chi connectivity index (χ4n) is 3.21. The van der Waals surface area contributed by atoms with Gasteiger partial charge in [0.05, 0.1) is 13.0 Å². The zero-order valence-electron chi connectivity index (χ0n) is 13.9. The van der Waals surface area contributed by atoms with E-state index in [0.29, 0.717) is 11.4 Å². The molecule has 1 saturated heterocycles. The van der Waals surface area contributed by atoms with Crippen LogP contribution in [0.2, 0.25) is 5.02 Å². The molecule has 1 aliphatic rings. The van der Waals surface area contributed by atoms with Crippen LogP contribution in [0.5, 0.6) is 0 Å². The summed E-state index contributed by atoms with van der Waals surface area (Å²) in [6, 6.07) is 6.82. The normalized spacial score (nSPS) is 24.7. The molecule has 1 aromatic rings. The number of amides is 1. The number of halogens is 1. The van der Waals surface area contributed by atoms with Crippen LogP contribution in [-0.4, -0.2) is 43.0 Å². The molecule has 6 heteroatoms. The van der Waals surface area contributed by atoms with Crippen molar-refractivity contribution >= 4 is 23.5 Å². The number of esters is 1. The number of benzene rings is 1. The van der Waals surface area contributed by atoms with Crippen molar-refractivity contribution in [2.24, 2.45) is 5.92 Å². The largest absolute Gasteiger partial charge is 0.468 e. The topological polar surface area (TPSA) is 58.6 Å². The molecule has 23 heavy (non-hydrogen) atoms. The van der Waals surface area contributed by atoms with Gasteiger partial charge in [0, 0.05) is 17.1 Å². The highest BCUT2D eigenvalue weighted by molar-refractivity contribution is 6.30. The van der Waals surface area contributed by atoms with Crippen LogP contribution in [0, 0.1) is 5.92 Å². The lowest BCUT2D eigenvalue weighted by Crippen LogP contribution is -2.38. The molecule has 1 fully saturated rings. The summed E-state index contributed by atoms with van der Waals surface area (Å²) in [6.07, 6.45) is 0.429. The Morgan fingerprint density at radius 2 is 2.09 bits per heavy atom. The first-order valence-corrected chi connectivity index (χ1v) is 8.08. The second kappa shape index (κ2) is 7.32. The van der Waals surface area contributed by atoms with E-state index in [1.807, 2.05) is 44.0 Å². The standard InChI is InChI=1S/C17H23ClN2O3/c1-10(2)19-16(21)13-9-14(17(22)23-4)20(3)15(13)11-6-5-7-12(18)8-11/h5-8,10,13-15H,9H2,1-4H3,(H,19,21)/t13-,14-,15-/m1/s1. The van der Waals surface area contributed by atoms with Crippen LogP contribution in [0.15, 0.2) is 24.3 Å². The van der Waals surface area contributed by atoms with Gasteiger partial charge in [-0.3, -0.25) is 14.5 Å². The molecule has 0 radical (unpaired) electrons. The van der Waals surface area contributed by atoms with Crippen LogP contribution in [0.3, 0.4) is 0 Å². The molecule has 0 unspecified atom stereocenters. The third-order valence-corrected chi connectivity index (χ3v) is 4.45. The van der Waals surface area contributed by atoms with Crippen LogP contribution >= 0.6 is 11.6 Å². The minimum Gasteiger partial charge on any atom is -0.468 e. The number of hydrogen-bond acceptors (Lipinski definition) is 4. The molecule has 126 valence electrons. The van der Waals surface area contributed by atoms with Gasteiger partial charge in [0.1, 0.15) is 6.04 Å². The average Bonchev–Trinajstić information content (AvgIpc) is 2.83. The fourth-order valence-corrected chi connectivity index (χ4v) is 3.41. The summed E-state index contributed by atoms with van der Waals surface area (Å²) in [5.74, 6) is -0.701. The number of rotatable bonds is 4. The third kappa shape index (κ3) is 3.85. The maximum absolute atomic E-state index is 12.6. The van der Waals surface area contributed by atoms with Gasteiger partial charge in [0.2, 0.25) is 5.91 Å². The van der Waals surface area contributed by atoms with E-state index in [-0.39, 0.29) is 29.9 Å². The van der Waals surface area contributed by atoms with Gasteiger partial charge >= 0.3 is 5.97 Å². The van der Waals surface area contributed by atoms with Gasteiger partial charge < -0.3 is 10.1 Å². The lowest BCUT2D eigenvalue weighted by atomic mass is 9.92. The second-order valence-corrected chi connectivity index (χ2v) is 6.65. The van der Waals surface area contributed by atoms with Gasteiger partial charge in [0.25, 0.3) is 0 Å². The summed E-state index contributed by atoms with van der Waals surface area (Å²) in [7, 11) is 3.21. The molecule has 1 aliphatic heterocycles. The van der Waals surface area contributed by atoms with Gasteiger partial charge in [-0.2, -0.15) is 0 Å². The van der Waals surface area contributed by atoms with Crippen molar-refractivity contribution in [3.8, 4) is 0 Å². The molecule has 0 bridgehead atoms. The minimum atomic E-state index is -0.438. The Balaban J connectivity index is 2.36. The van der Waals surface area contributed by atoms with E-state index in [9.17, 15) is 9.59 Å². The molecule has 3 atom stereocenters. The zero-order chi connectivity index (χ0) is 17.1. The maximum Gasteiger partial charge on any atom is 0.323 e. The summed E-state index contributed by atoms with van der Waals surface area (Å²) in [5.41, 5.74) is 0.926. The summed E-state index contributed by atoms with van der Waals surface area (Å²) in [4.78, 5) is 26.5. The molecular weight excluding hydrogens is 316 g/mol. The Morgan fingerprint density at radius 1 is 1.39 bits per heavy atom. The SMILES string of the molecule is COC(=O)[C@H]1C[C@@H](C(=O)NC(C)C)[C@@H](c2cccc(Cl)c2)N1C. The number of hydrogen-bond donors (Lipinski definition) is 1. The molecule has 1 heterocycles. The maximum atomic E-state index is 12.6. The summed E-state index contributed by atoms with van der Waals surface area (Å²) < 4.78 is 4.88. The molecule has 0 spiro atoms. The number of likely N-dealkylation sites (tertiary alicyclic amines) is 1. The Hall–Kier alpha value is -1.59.